The molecule has 1 heterocycles. The number of nitrogens with zero attached hydrogens (tertiary/aromatic N) is 2. The third-order valence-corrected chi connectivity index (χ3v) is 3.52. The van der Waals surface area contributed by atoms with Gasteiger partial charge in [0, 0.05) is 19.2 Å². The predicted octanol–water partition coefficient (Wildman–Crippen LogP) is 2.62. The average Bonchev–Trinajstić information content (AvgIpc) is 2.64. The van der Waals surface area contributed by atoms with Crippen LogP contribution in [-0.2, 0) is 13.5 Å². The minimum Gasteiger partial charge on any atom is -0.386 e. The topological polar surface area (TPSA) is 38.0 Å². The van der Waals surface area contributed by atoms with Crippen molar-refractivity contribution in [2.75, 3.05) is 0 Å². The number of aryl methyl sites for hydroxylation is 4. The van der Waals surface area contributed by atoms with Gasteiger partial charge in [-0.15, -0.1) is 0 Å². The summed E-state index contributed by atoms with van der Waals surface area (Å²) in [5.74, 6) is 0. The van der Waals surface area contributed by atoms with Crippen molar-refractivity contribution in [1.82, 2.24) is 9.78 Å². The number of rotatable bonds is 3. The van der Waals surface area contributed by atoms with Gasteiger partial charge >= 0.3 is 0 Å². The molecule has 18 heavy (non-hydrogen) atoms. The van der Waals surface area contributed by atoms with Crippen LogP contribution in [0.2, 0.25) is 0 Å². The maximum atomic E-state index is 10.3. The first-order valence-corrected chi connectivity index (χ1v) is 6.22. The summed E-state index contributed by atoms with van der Waals surface area (Å²) in [6, 6.07) is 8.15. The fourth-order valence-electron chi connectivity index (χ4n) is 2.22. The second-order valence-corrected chi connectivity index (χ2v) is 4.92. The van der Waals surface area contributed by atoms with Crippen molar-refractivity contribution < 1.29 is 5.11 Å². The van der Waals surface area contributed by atoms with Gasteiger partial charge in [0.05, 0.1) is 5.69 Å². The summed E-state index contributed by atoms with van der Waals surface area (Å²) >= 11 is 0. The molecule has 0 bridgehead atoms. The Balaban J connectivity index is 2.23. The van der Waals surface area contributed by atoms with Crippen molar-refractivity contribution in [1.29, 1.82) is 0 Å². The number of aromatic nitrogens is 2. The maximum Gasteiger partial charge on any atom is 0.102 e. The van der Waals surface area contributed by atoms with Crippen LogP contribution in [-0.4, -0.2) is 14.9 Å². The van der Waals surface area contributed by atoms with Gasteiger partial charge in [-0.25, -0.2) is 0 Å². The quantitative estimate of drug-likeness (QED) is 0.901. The van der Waals surface area contributed by atoms with Crippen molar-refractivity contribution in [3.8, 4) is 0 Å². The fraction of sp³-hybridized carbons (Fsp3) is 0.400. The van der Waals surface area contributed by atoms with Crippen LogP contribution >= 0.6 is 0 Å². The molecular weight excluding hydrogens is 224 g/mol. The molecular formula is C15H20N2O. The Morgan fingerprint density at radius 3 is 2.33 bits per heavy atom. The van der Waals surface area contributed by atoms with Crippen LogP contribution in [0.15, 0.2) is 24.3 Å². The largest absolute Gasteiger partial charge is 0.386 e. The normalized spacial score (nSPS) is 12.7. The monoisotopic (exact) mass is 244 g/mol. The first-order valence-electron chi connectivity index (χ1n) is 6.22. The van der Waals surface area contributed by atoms with Gasteiger partial charge in [0.25, 0.3) is 0 Å². The number of aliphatic hydroxyl groups is 1. The van der Waals surface area contributed by atoms with Crippen molar-refractivity contribution in [3.05, 3.63) is 52.3 Å². The molecule has 1 N–H and O–H groups in total. The van der Waals surface area contributed by atoms with Crippen LogP contribution in [0.3, 0.4) is 0 Å². The Hall–Kier alpha value is -1.61. The molecule has 1 atom stereocenters. The standard InChI is InChI=1S/C15H20N2O/c1-10-6-5-7-11(2)13(10)9-15(18)14-8-12(3)17(4)16-14/h5-8,15,18H,9H2,1-4H3. The minimum atomic E-state index is -0.537. The average molecular weight is 244 g/mol. The van der Waals surface area contributed by atoms with Gasteiger partial charge in [0.1, 0.15) is 6.10 Å². The predicted molar refractivity (Wildman–Crippen MR) is 72.5 cm³/mol. The molecule has 0 aliphatic carbocycles. The van der Waals surface area contributed by atoms with Gasteiger partial charge in [-0.3, -0.25) is 4.68 Å². The highest BCUT2D eigenvalue weighted by molar-refractivity contribution is 5.34. The van der Waals surface area contributed by atoms with Crippen molar-refractivity contribution in [2.24, 2.45) is 7.05 Å². The summed E-state index contributed by atoms with van der Waals surface area (Å²) in [4.78, 5) is 0. The summed E-state index contributed by atoms with van der Waals surface area (Å²) in [5, 5.41) is 14.6. The highest BCUT2D eigenvalue weighted by Crippen LogP contribution is 2.22. The molecule has 0 saturated heterocycles. The molecule has 0 saturated carbocycles. The van der Waals surface area contributed by atoms with Crippen molar-refractivity contribution in [2.45, 2.75) is 33.3 Å². The van der Waals surface area contributed by atoms with Crippen LogP contribution < -0.4 is 0 Å². The molecule has 0 fully saturated rings. The van der Waals surface area contributed by atoms with E-state index in [4.69, 9.17) is 0 Å². The summed E-state index contributed by atoms with van der Waals surface area (Å²) in [7, 11) is 1.89. The van der Waals surface area contributed by atoms with E-state index in [-0.39, 0.29) is 0 Å². The molecule has 96 valence electrons. The zero-order valence-corrected chi connectivity index (χ0v) is 11.4. The van der Waals surface area contributed by atoms with E-state index in [2.05, 4.69) is 31.1 Å². The summed E-state index contributed by atoms with van der Waals surface area (Å²) in [5.41, 5.74) is 5.47. The van der Waals surface area contributed by atoms with Crippen molar-refractivity contribution >= 4 is 0 Å². The molecule has 2 rings (SSSR count). The first-order chi connectivity index (χ1) is 8.49. The molecule has 1 aromatic heterocycles. The molecule has 0 radical (unpaired) electrons. The molecule has 3 nitrogen and oxygen atoms in total. The van der Waals surface area contributed by atoms with Gasteiger partial charge in [-0.05, 0) is 43.5 Å². The van der Waals surface area contributed by atoms with E-state index in [0.29, 0.717) is 6.42 Å². The van der Waals surface area contributed by atoms with E-state index < -0.39 is 6.10 Å². The molecule has 1 aromatic carbocycles. The molecule has 2 aromatic rings. The van der Waals surface area contributed by atoms with Crippen LogP contribution in [0, 0.1) is 20.8 Å². The highest BCUT2D eigenvalue weighted by Gasteiger charge is 2.15. The van der Waals surface area contributed by atoms with Crippen LogP contribution in [0.1, 0.15) is 34.2 Å². The summed E-state index contributed by atoms with van der Waals surface area (Å²) in [6.45, 7) is 6.15. The van der Waals surface area contributed by atoms with Gasteiger partial charge < -0.3 is 5.11 Å². The Morgan fingerprint density at radius 1 is 1.22 bits per heavy atom. The zero-order valence-electron chi connectivity index (χ0n) is 11.4. The highest BCUT2D eigenvalue weighted by atomic mass is 16.3. The smallest absolute Gasteiger partial charge is 0.102 e. The number of aliphatic hydroxyl groups excluding tert-OH is 1. The molecule has 3 heteroatoms. The zero-order chi connectivity index (χ0) is 13.3. The number of hydrogen-bond donors (Lipinski definition) is 1. The van der Waals surface area contributed by atoms with Crippen LogP contribution in [0.5, 0.6) is 0 Å². The number of benzene rings is 1. The fourth-order valence-corrected chi connectivity index (χ4v) is 2.22. The van der Waals surface area contributed by atoms with Gasteiger partial charge in [0.2, 0.25) is 0 Å². The Bertz CT molecular complexity index is 518. The van der Waals surface area contributed by atoms with Crippen molar-refractivity contribution in [3.63, 3.8) is 0 Å². The van der Waals surface area contributed by atoms with Gasteiger partial charge in [0.15, 0.2) is 0 Å². The molecule has 0 aliphatic rings. The lowest BCUT2D eigenvalue weighted by Gasteiger charge is -2.13. The van der Waals surface area contributed by atoms with Crippen LogP contribution in [0.25, 0.3) is 0 Å². The second-order valence-electron chi connectivity index (χ2n) is 4.92. The summed E-state index contributed by atoms with van der Waals surface area (Å²) < 4.78 is 1.79. The van der Waals surface area contributed by atoms with E-state index in [1.54, 1.807) is 4.68 Å². The SMILES string of the molecule is Cc1cccc(C)c1CC(O)c1cc(C)n(C)n1. The second kappa shape index (κ2) is 4.94. The molecule has 0 aliphatic heterocycles. The first kappa shape index (κ1) is 12.8. The third-order valence-electron chi connectivity index (χ3n) is 3.52. The third kappa shape index (κ3) is 2.46. The van der Waals surface area contributed by atoms with E-state index in [1.807, 2.05) is 26.1 Å². The Morgan fingerprint density at radius 2 is 1.83 bits per heavy atom. The molecule has 0 amide bonds. The van der Waals surface area contributed by atoms with Gasteiger partial charge in [-0.2, -0.15) is 5.10 Å². The lowest BCUT2D eigenvalue weighted by molar-refractivity contribution is 0.172. The van der Waals surface area contributed by atoms with E-state index >= 15 is 0 Å². The minimum absolute atomic E-state index is 0.537. The Kier molecular flexibility index (Phi) is 3.53. The maximum absolute atomic E-state index is 10.3. The van der Waals surface area contributed by atoms with Gasteiger partial charge in [-0.1, -0.05) is 18.2 Å². The molecule has 1 unspecified atom stereocenters. The lowest BCUT2D eigenvalue weighted by Crippen LogP contribution is -2.06. The van der Waals surface area contributed by atoms with E-state index in [9.17, 15) is 5.11 Å². The number of hydrogen-bond acceptors (Lipinski definition) is 2. The molecule has 0 spiro atoms. The lowest BCUT2D eigenvalue weighted by atomic mass is 9.96. The summed E-state index contributed by atoms with van der Waals surface area (Å²) in [6.07, 6.45) is 0.0827. The van der Waals surface area contributed by atoms with E-state index in [0.717, 1.165) is 11.4 Å². The van der Waals surface area contributed by atoms with Crippen LogP contribution in [0.4, 0.5) is 0 Å². The Labute approximate surface area is 108 Å². The van der Waals surface area contributed by atoms with E-state index in [1.165, 1.54) is 16.7 Å².